The van der Waals surface area contributed by atoms with Gasteiger partial charge in [0.2, 0.25) is 0 Å². The lowest BCUT2D eigenvalue weighted by molar-refractivity contribution is -0.274. The number of alkyl halides is 3. The number of hydrogen-bond donors (Lipinski definition) is 2. The van der Waals surface area contributed by atoms with Crippen molar-refractivity contribution in [1.29, 1.82) is 0 Å². The van der Waals surface area contributed by atoms with Gasteiger partial charge in [-0.2, -0.15) is 5.10 Å². The van der Waals surface area contributed by atoms with Crippen molar-refractivity contribution in [2.45, 2.75) is 19.5 Å². The van der Waals surface area contributed by atoms with Gasteiger partial charge in [-0.05, 0) is 29.8 Å². The summed E-state index contributed by atoms with van der Waals surface area (Å²) in [7, 11) is 1.58. The van der Waals surface area contributed by atoms with E-state index in [-0.39, 0.29) is 36.3 Å². The summed E-state index contributed by atoms with van der Waals surface area (Å²) >= 11 is 0. The highest BCUT2D eigenvalue weighted by molar-refractivity contribution is 14.0. The largest absolute Gasteiger partial charge is 0.573 e. The molecule has 30 heavy (non-hydrogen) atoms. The second kappa shape index (κ2) is 10.8. The van der Waals surface area contributed by atoms with Crippen LogP contribution < -0.4 is 15.4 Å². The van der Waals surface area contributed by atoms with E-state index in [1.807, 2.05) is 12.1 Å². The van der Waals surface area contributed by atoms with Gasteiger partial charge >= 0.3 is 6.36 Å². The molecule has 2 heterocycles. The molecule has 3 aromatic rings. The Hall–Kier alpha value is -2.83. The number of pyridine rings is 1. The van der Waals surface area contributed by atoms with Gasteiger partial charge in [0, 0.05) is 44.3 Å². The van der Waals surface area contributed by atoms with E-state index in [1.165, 1.54) is 12.1 Å². The van der Waals surface area contributed by atoms with Crippen LogP contribution >= 0.6 is 24.0 Å². The second-order valence-corrected chi connectivity index (χ2v) is 5.91. The van der Waals surface area contributed by atoms with Gasteiger partial charge in [0.15, 0.2) is 11.8 Å². The third-order valence-corrected chi connectivity index (χ3v) is 3.88. The van der Waals surface area contributed by atoms with E-state index in [4.69, 9.17) is 0 Å². The second-order valence-electron chi connectivity index (χ2n) is 5.91. The Labute approximate surface area is 188 Å². The Morgan fingerprint density at radius 2 is 1.87 bits per heavy atom. The summed E-state index contributed by atoms with van der Waals surface area (Å²) in [6, 6.07) is 11.5. The third-order valence-electron chi connectivity index (χ3n) is 3.88. The van der Waals surface area contributed by atoms with Crippen molar-refractivity contribution in [2.24, 2.45) is 4.99 Å². The number of rotatable bonds is 6. The van der Waals surface area contributed by atoms with E-state index >= 15 is 0 Å². The highest BCUT2D eigenvalue weighted by Gasteiger charge is 2.31. The Balaban J connectivity index is 0.00000320. The van der Waals surface area contributed by atoms with Crippen molar-refractivity contribution in [3.05, 3.63) is 72.2 Å². The van der Waals surface area contributed by atoms with Crippen molar-refractivity contribution >= 4 is 29.9 Å². The van der Waals surface area contributed by atoms with Gasteiger partial charge in [-0.1, -0.05) is 18.2 Å². The molecular formula is C19H20F3IN6O. The minimum Gasteiger partial charge on any atom is -0.405 e. The number of hydrogen-bond acceptors (Lipinski definition) is 4. The zero-order valence-corrected chi connectivity index (χ0v) is 18.3. The van der Waals surface area contributed by atoms with Crippen LogP contribution in [0.2, 0.25) is 0 Å². The van der Waals surface area contributed by atoms with Crippen molar-refractivity contribution in [1.82, 2.24) is 25.4 Å². The van der Waals surface area contributed by atoms with Crippen LogP contribution in [0.3, 0.4) is 0 Å². The van der Waals surface area contributed by atoms with Crippen LogP contribution in [-0.4, -0.2) is 34.1 Å². The SMILES string of the molecule is CN=C(NCc1ccnc(-n2cccn2)c1)NCc1ccccc1OC(F)(F)F.I. The molecule has 0 radical (unpaired) electrons. The van der Waals surface area contributed by atoms with Gasteiger partial charge in [-0.25, -0.2) is 9.67 Å². The molecule has 0 fully saturated rings. The predicted molar refractivity (Wildman–Crippen MR) is 117 cm³/mol. The Bertz CT molecular complexity index is 963. The molecule has 0 aliphatic carbocycles. The van der Waals surface area contributed by atoms with E-state index in [0.29, 0.717) is 23.9 Å². The molecule has 0 amide bonds. The molecule has 0 aliphatic rings. The smallest absolute Gasteiger partial charge is 0.405 e. The number of ether oxygens (including phenoxy) is 1. The zero-order chi connectivity index (χ0) is 20.7. The number of guanidine groups is 1. The first-order chi connectivity index (χ1) is 13.9. The minimum absolute atomic E-state index is 0. The van der Waals surface area contributed by atoms with Crippen LogP contribution in [0.4, 0.5) is 13.2 Å². The van der Waals surface area contributed by atoms with Gasteiger partial charge < -0.3 is 15.4 Å². The number of para-hydroxylation sites is 1. The molecule has 2 N–H and O–H groups in total. The molecule has 160 valence electrons. The monoisotopic (exact) mass is 532 g/mol. The van der Waals surface area contributed by atoms with Crippen molar-refractivity contribution in [2.75, 3.05) is 7.05 Å². The first-order valence-corrected chi connectivity index (χ1v) is 8.68. The lowest BCUT2D eigenvalue weighted by atomic mass is 10.2. The summed E-state index contributed by atoms with van der Waals surface area (Å²) in [6.07, 6.45) is 0.387. The van der Waals surface area contributed by atoms with E-state index in [1.54, 1.807) is 48.5 Å². The first-order valence-electron chi connectivity index (χ1n) is 8.68. The number of benzene rings is 1. The topological polar surface area (TPSA) is 76.4 Å². The molecule has 1 aromatic carbocycles. The highest BCUT2D eigenvalue weighted by Crippen LogP contribution is 2.26. The normalized spacial score (nSPS) is 11.5. The van der Waals surface area contributed by atoms with Gasteiger partial charge in [0.1, 0.15) is 5.75 Å². The van der Waals surface area contributed by atoms with Crippen molar-refractivity contribution < 1.29 is 17.9 Å². The molecule has 2 aromatic heterocycles. The van der Waals surface area contributed by atoms with Gasteiger partial charge in [0.05, 0.1) is 0 Å². The minimum atomic E-state index is -4.75. The molecule has 0 atom stereocenters. The average Bonchev–Trinajstić information content (AvgIpc) is 3.23. The van der Waals surface area contributed by atoms with E-state index in [9.17, 15) is 13.2 Å². The van der Waals surface area contributed by atoms with Crippen molar-refractivity contribution in [3.8, 4) is 11.6 Å². The molecular weight excluding hydrogens is 512 g/mol. The number of nitrogens with zero attached hydrogens (tertiary/aromatic N) is 4. The fraction of sp³-hybridized carbons (Fsp3) is 0.211. The summed E-state index contributed by atoms with van der Waals surface area (Å²) in [6.45, 7) is 0.554. The molecule has 0 bridgehead atoms. The lowest BCUT2D eigenvalue weighted by Crippen LogP contribution is -2.36. The van der Waals surface area contributed by atoms with Gasteiger partial charge in [-0.3, -0.25) is 4.99 Å². The molecule has 7 nitrogen and oxygen atoms in total. The standard InChI is InChI=1S/C19H19F3N6O.HI/c1-23-18(26-13-15-5-2-3-6-16(15)29-19(20,21)22)25-12-14-7-9-24-17(11-14)28-10-4-8-27-28;/h2-11H,12-13H2,1H3,(H2,23,25,26);1H. The lowest BCUT2D eigenvalue weighted by Gasteiger charge is -2.15. The third kappa shape index (κ3) is 6.90. The Kier molecular flexibility index (Phi) is 8.45. The summed E-state index contributed by atoms with van der Waals surface area (Å²) in [5, 5.41) is 10.2. The first kappa shape index (κ1) is 23.4. The molecule has 0 spiro atoms. The summed E-state index contributed by atoms with van der Waals surface area (Å²) < 4.78 is 43.3. The van der Waals surface area contributed by atoms with E-state index in [0.717, 1.165) is 5.56 Å². The number of aromatic nitrogens is 3. The van der Waals surface area contributed by atoms with Crippen LogP contribution in [0.1, 0.15) is 11.1 Å². The fourth-order valence-corrected chi connectivity index (χ4v) is 2.56. The number of halogens is 4. The summed E-state index contributed by atoms with van der Waals surface area (Å²) in [5.74, 6) is 0.862. The molecule has 11 heteroatoms. The molecule has 3 rings (SSSR count). The molecule has 0 saturated carbocycles. The Morgan fingerprint density at radius 1 is 1.10 bits per heavy atom. The van der Waals surface area contributed by atoms with Gasteiger partial charge in [0.25, 0.3) is 0 Å². The Morgan fingerprint density at radius 3 is 2.57 bits per heavy atom. The van der Waals surface area contributed by atoms with Crippen LogP contribution in [0.15, 0.2) is 66.0 Å². The maximum Gasteiger partial charge on any atom is 0.573 e. The predicted octanol–water partition coefficient (Wildman–Crippen LogP) is 3.65. The molecule has 0 aliphatic heterocycles. The highest BCUT2D eigenvalue weighted by atomic mass is 127. The van der Waals surface area contributed by atoms with E-state index < -0.39 is 6.36 Å². The van der Waals surface area contributed by atoms with Crippen LogP contribution in [0.25, 0.3) is 5.82 Å². The van der Waals surface area contributed by atoms with Gasteiger partial charge in [-0.15, -0.1) is 37.1 Å². The zero-order valence-electron chi connectivity index (χ0n) is 15.9. The number of nitrogens with one attached hydrogen (secondary N) is 2. The summed E-state index contributed by atoms with van der Waals surface area (Å²) in [5.41, 5.74) is 1.30. The van der Waals surface area contributed by atoms with Crippen molar-refractivity contribution in [3.63, 3.8) is 0 Å². The number of aliphatic imine (C=N–C) groups is 1. The quantitative estimate of drug-likeness (QED) is 0.288. The van der Waals surface area contributed by atoms with E-state index in [2.05, 4.69) is 30.4 Å². The van der Waals surface area contributed by atoms with Crippen LogP contribution in [-0.2, 0) is 13.1 Å². The van der Waals surface area contributed by atoms with Crippen LogP contribution in [0.5, 0.6) is 5.75 Å². The maximum absolute atomic E-state index is 12.5. The molecule has 0 unspecified atom stereocenters. The maximum atomic E-state index is 12.5. The van der Waals surface area contributed by atoms with Crippen LogP contribution in [0, 0.1) is 0 Å². The fourth-order valence-electron chi connectivity index (χ4n) is 2.56. The average molecular weight is 532 g/mol. The molecule has 0 saturated heterocycles. The summed E-state index contributed by atoms with van der Waals surface area (Å²) in [4.78, 5) is 8.36.